The van der Waals surface area contributed by atoms with Crippen LogP contribution in [0.25, 0.3) is 0 Å². The molecule has 0 spiro atoms. The predicted octanol–water partition coefficient (Wildman–Crippen LogP) is 1.99. The summed E-state index contributed by atoms with van der Waals surface area (Å²) in [5.41, 5.74) is -0.487. The summed E-state index contributed by atoms with van der Waals surface area (Å²) in [6.07, 6.45) is 1.23. The molecule has 1 aliphatic rings. The molecule has 0 saturated carbocycles. The number of piperazine rings is 1. The molecule has 0 atom stereocenters. The molecule has 7 nitrogen and oxygen atoms in total. The SMILES string of the molecule is COC(=O)c1cnc(N2CCN(C(=O)OC(C)(C)C)CC2)s1. The van der Waals surface area contributed by atoms with Crippen LogP contribution in [0.5, 0.6) is 0 Å². The molecule has 2 heterocycles. The molecule has 0 radical (unpaired) electrons. The van der Waals surface area contributed by atoms with Crippen molar-refractivity contribution in [3.8, 4) is 0 Å². The van der Waals surface area contributed by atoms with E-state index in [0.717, 1.165) is 5.13 Å². The highest BCUT2D eigenvalue weighted by Gasteiger charge is 2.27. The van der Waals surface area contributed by atoms with Gasteiger partial charge in [0.05, 0.1) is 13.3 Å². The van der Waals surface area contributed by atoms with Gasteiger partial charge in [-0.3, -0.25) is 0 Å². The van der Waals surface area contributed by atoms with Crippen molar-refractivity contribution in [3.63, 3.8) is 0 Å². The number of aromatic nitrogens is 1. The number of thiazole rings is 1. The maximum atomic E-state index is 12.0. The summed E-state index contributed by atoms with van der Waals surface area (Å²) >= 11 is 1.30. The molecule has 1 aromatic rings. The second kappa shape index (κ2) is 6.51. The fourth-order valence-electron chi connectivity index (χ4n) is 2.01. The monoisotopic (exact) mass is 327 g/mol. The van der Waals surface area contributed by atoms with Crippen molar-refractivity contribution in [2.75, 3.05) is 38.2 Å². The third-order valence-electron chi connectivity index (χ3n) is 3.08. The molecule has 1 aliphatic heterocycles. The Morgan fingerprint density at radius 3 is 2.41 bits per heavy atom. The van der Waals surface area contributed by atoms with Gasteiger partial charge in [-0.25, -0.2) is 14.6 Å². The van der Waals surface area contributed by atoms with Gasteiger partial charge in [0.1, 0.15) is 10.5 Å². The number of esters is 1. The number of carbonyl (C=O) groups excluding carboxylic acids is 2. The lowest BCUT2D eigenvalue weighted by Gasteiger charge is -2.35. The minimum absolute atomic E-state index is 0.290. The van der Waals surface area contributed by atoms with E-state index in [1.807, 2.05) is 20.8 Å². The van der Waals surface area contributed by atoms with Crippen molar-refractivity contribution < 1.29 is 19.1 Å². The highest BCUT2D eigenvalue weighted by Crippen LogP contribution is 2.24. The number of rotatable bonds is 2. The smallest absolute Gasteiger partial charge is 0.410 e. The van der Waals surface area contributed by atoms with E-state index < -0.39 is 5.60 Å². The molecule has 8 heteroatoms. The van der Waals surface area contributed by atoms with E-state index in [-0.39, 0.29) is 12.1 Å². The Labute approximate surface area is 133 Å². The predicted molar refractivity (Wildman–Crippen MR) is 83.5 cm³/mol. The van der Waals surface area contributed by atoms with Gasteiger partial charge in [0.15, 0.2) is 5.13 Å². The van der Waals surface area contributed by atoms with Gasteiger partial charge in [0.2, 0.25) is 0 Å². The first-order valence-electron chi connectivity index (χ1n) is 7.07. The van der Waals surface area contributed by atoms with Crippen LogP contribution in [0.3, 0.4) is 0 Å². The van der Waals surface area contributed by atoms with Gasteiger partial charge in [-0.2, -0.15) is 0 Å². The number of hydrogen-bond donors (Lipinski definition) is 0. The van der Waals surface area contributed by atoms with Crippen molar-refractivity contribution in [1.29, 1.82) is 0 Å². The van der Waals surface area contributed by atoms with Gasteiger partial charge in [0.25, 0.3) is 0 Å². The highest BCUT2D eigenvalue weighted by atomic mass is 32.1. The van der Waals surface area contributed by atoms with Crippen LogP contribution in [0.1, 0.15) is 30.4 Å². The standard InChI is InChI=1S/C14H21N3O4S/c1-14(2,3)21-13(19)17-7-5-16(6-8-17)12-15-9-10(22-12)11(18)20-4/h9H,5-8H2,1-4H3. The molecule has 122 valence electrons. The van der Waals surface area contributed by atoms with Gasteiger partial charge < -0.3 is 19.3 Å². The summed E-state index contributed by atoms with van der Waals surface area (Å²) in [4.78, 5) is 31.9. The lowest BCUT2D eigenvalue weighted by molar-refractivity contribution is 0.0240. The van der Waals surface area contributed by atoms with Crippen LogP contribution in [-0.4, -0.2) is 60.8 Å². The van der Waals surface area contributed by atoms with Crippen LogP contribution in [0.4, 0.5) is 9.93 Å². The highest BCUT2D eigenvalue weighted by molar-refractivity contribution is 7.17. The third kappa shape index (κ3) is 4.09. The molecular formula is C14H21N3O4S. The number of ether oxygens (including phenoxy) is 2. The van der Waals surface area contributed by atoms with Crippen molar-refractivity contribution in [2.24, 2.45) is 0 Å². The average molecular weight is 327 g/mol. The van der Waals surface area contributed by atoms with E-state index in [1.54, 1.807) is 4.90 Å². The molecule has 2 rings (SSSR count). The summed E-state index contributed by atoms with van der Waals surface area (Å²) in [5, 5.41) is 0.768. The molecule has 1 aromatic heterocycles. The van der Waals surface area contributed by atoms with Crippen LogP contribution in [-0.2, 0) is 9.47 Å². The zero-order valence-corrected chi connectivity index (χ0v) is 14.1. The molecule has 22 heavy (non-hydrogen) atoms. The van der Waals surface area contributed by atoms with Gasteiger partial charge in [-0.05, 0) is 20.8 Å². The molecule has 0 bridgehead atoms. The summed E-state index contributed by atoms with van der Waals surface area (Å²) in [6, 6.07) is 0. The zero-order chi connectivity index (χ0) is 16.3. The fraction of sp³-hybridized carbons (Fsp3) is 0.643. The van der Waals surface area contributed by atoms with E-state index in [0.29, 0.717) is 31.1 Å². The van der Waals surface area contributed by atoms with Crippen LogP contribution in [0.2, 0.25) is 0 Å². The van der Waals surface area contributed by atoms with Gasteiger partial charge in [0, 0.05) is 26.2 Å². The summed E-state index contributed by atoms with van der Waals surface area (Å²) in [5.74, 6) is -0.379. The van der Waals surface area contributed by atoms with E-state index in [2.05, 4.69) is 14.6 Å². The van der Waals surface area contributed by atoms with E-state index in [9.17, 15) is 9.59 Å². The first-order chi connectivity index (χ1) is 10.3. The molecule has 0 aromatic carbocycles. The Morgan fingerprint density at radius 1 is 1.23 bits per heavy atom. The summed E-state index contributed by atoms with van der Waals surface area (Å²) in [6.45, 7) is 8.02. The average Bonchev–Trinajstić information content (AvgIpc) is 2.94. The van der Waals surface area contributed by atoms with Crippen molar-refractivity contribution in [1.82, 2.24) is 9.88 Å². The molecule has 1 saturated heterocycles. The molecule has 1 amide bonds. The van der Waals surface area contributed by atoms with Crippen molar-refractivity contribution in [2.45, 2.75) is 26.4 Å². The quantitative estimate of drug-likeness (QED) is 0.774. The summed E-state index contributed by atoms with van der Waals surface area (Å²) < 4.78 is 10.0. The maximum Gasteiger partial charge on any atom is 0.410 e. The Kier molecular flexibility index (Phi) is 4.90. The Balaban J connectivity index is 1.91. The first-order valence-corrected chi connectivity index (χ1v) is 7.89. The third-order valence-corrected chi connectivity index (χ3v) is 4.12. The topological polar surface area (TPSA) is 72.0 Å². The maximum absolute atomic E-state index is 12.0. The van der Waals surface area contributed by atoms with E-state index >= 15 is 0 Å². The van der Waals surface area contributed by atoms with Crippen LogP contribution < -0.4 is 4.90 Å². The second-order valence-electron chi connectivity index (χ2n) is 5.95. The zero-order valence-electron chi connectivity index (χ0n) is 13.3. The van der Waals surface area contributed by atoms with Gasteiger partial charge in [-0.15, -0.1) is 0 Å². The number of carbonyl (C=O) groups is 2. The van der Waals surface area contributed by atoms with Crippen LogP contribution in [0, 0.1) is 0 Å². The van der Waals surface area contributed by atoms with Gasteiger partial charge in [-0.1, -0.05) is 11.3 Å². The second-order valence-corrected chi connectivity index (χ2v) is 6.96. The van der Waals surface area contributed by atoms with Crippen molar-refractivity contribution >= 4 is 28.5 Å². The lowest BCUT2D eigenvalue weighted by atomic mass is 10.2. The minimum atomic E-state index is -0.487. The largest absolute Gasteiger partial charge is 0.465 e. The Morgan fingerprint density at radius 2 is 1.86 bits per heavy atom. The first kappa shape index (κ1) is 16.5. The molecule has 0 aliphatic carbocycles. The van der Waals surface area contributed by atoms with E-state index in [1.165, 1.54) is 24.6 Å². The molecule has 1 fully saturated rings. The van der Waals surface area contributed by atoms with E-state index in [4.69, 9.17) is 4.74 Å². The van der Waals surface area contributed by atoms with Crippen LogP contribution >= 0.6 is 11.3 Å². The fourth-order valence-corrected chi connectivity index (χ4v) is 2.90. The van der Waals surface area contributed by atoms with Crippen LogP contribution in [0.15, 0.2) is 6.20 Å². The normalized spacial score (nSPS) is 15.6. The Bertz CT molecular complexity index is 545. The number of anilines is 1. The number of methoxy groups -OCH3 is 1. The Hall–Kier alpha value is -1.83. The minimum Gasteiger partial charge on any atom is -0.465 e. The number of hydrogen-bond acceptors (Lipinski definition) is 7. The molecular weight excluding hydrogens is 306 g/mol. The number of amides is 1. The molecule has 0 N–H and O–H groups in total. The van der Waals surface area contributed by atoms with Gasteiger partial charge >= 0.3 is 12.1 Å². The lowest BCUT2D eigenvalue weighted by Crippen LogP contribution is -2.50. The molecule has 0 unspecified atom stereocenters. The summed E-state index contributed by atoms with van der Waals surface area (Å²) in [7, 11) is 1.35. The van der Waals surface area contributed by atoms with Crippen molar-refractivity contribution in [3.05, 3.63) is 11.1 Å². The number of nitrogens with zero attached hydrogens (tertiary/aromatic N) is 3.